The van der Waals surface area contributed by atoms with Gasteiger partial charge in [0.05, 0.1) is 18.2 Å². The Bertz CT molecular complexity index is 452. The minimum absolute atomic E-state index is 0.0573. The highest BCUT2D eigenvalue weighted by Crippen LogP contribution is 2.50. The first-order chi connectivity index (χ1) is 8.77. The summed E-state index contributed by atoms with van der Waals surface area (Å²) in [5.74, 6) is 1.46. The lowest BCUT2D eigenvalue weighted by Gasteiger charge is -2.42. The molecule has 18 heavy (non-hydrogen) atoms. The van der Waals surface area contributed by atoms with Gasteiger partial charge in [0, 0.05) is 18.4 Å². The Morgan fingerprint density at radius 2 is 1.94 bits per heavy atom. The second-order valence-electron chi connectivity index (χ2n) is 5.14. The van der Waals surface area contributed by atoms with Crippen LogP contribution < -0.4 is 15.2 Å². The van der Waals surface area contributed by atoms with Crippen LogP contribution in [0, 0.1) is 0 Å². The molecule has 0 amide bonds. The first kappa shape index (κ1) is 12.1. The lowest BCUT2D eigenvalue weighted by molar-refractivity contribution is 0.251. The summed E-state index contributed by atoms with van der Waals surface area (Å²) < 4.78 is 11.4. The quantitative estimate of drug-likeness (QED) is 0.896. The molecule has 1 aliphatic heterocycles. The Hall–Kier alpha value is -0.930. The molecule has 2 N–H and O–H groups in total. The maximum absolute atomic E-state index is 6.51. The van der Waals surface area contributed by atoms with Gasteiger partial charge >= 0.3 is 0 Å². The van der Waals surface area contributed by atoms with Gasteiger partial charge in [-0.2, -0.15) is 0 Å². The molecule has 1 aliphatic carbocycles. The SMILES string of the molecule is NCC1(c2ccc3c(c2Cl)OCCCO3)CCC1. The Morgan fingerprint density at radius 3 is 2.61 bits per heavy atom. The van der Waals surface area contributed by atoms with Crippen molar-refractivity contribution in [2.75, 3.05) is 19.8 Å². The van der Waals surface area contributed by atoms with Gasteiger partial charge in [-0.3, -0.25) is 0 Å². The molecule has 2 aliphatic rings. The van der Waals surface area contributed by atoms with Crippen LogP contribution in [0.4, 0.5) is 0 Å². The minimum Gasteiger partial charge on any atom is -0.490 e. The second-order valence-corrected chi connectivity index (χ2v) is 5.52. The van der Waals surface area contributed by atoms with E-state index in [1.54, 1.807) is 0 Å². The van der Waals surface area contributed by atoms with E-state index in [0.29, 0.717) is 30.5 Å². The lowest BCUT2D eigenvalue weighted by Crippen LogP contribution is -2.41. The van der Waals surface area contributed by atoms with Crippen molar-refractivity contribution in [2.24, 2.45) is 5.73 Å². The molecule has 3 rings (SSSR count). The number of ether oxygens (including phenoxy) is 2. The van der Waals surface area contributed by atoms with Gasteiger partial charge in [0.25, 0.3) is 0 Å². The van der Waals surface area contributed by atoms with Crippen molar-refractivity contribution in [1.29, 1.82) is 0 Å². The predicted molar refractivity (Wildman–Crippen MR) is 71.6 cm³/mol. The third-order valence-electron chi connectivity index (χ3n) is 4.13. The average Bonchev–Trinajstić information content (AvgIpc) is 2.57. The van der Waals surface area contributed by atoms with E-state index in [-0.39, 0.29) is 5.41 Å². The van der Waals surface area contributed by atoms with Crippen LogP contribution in [0.25, 0.3) is 0 Å². The zero-order valence-corrected chi connectivity index (χ0v) is 11.1. The zero-order valence-electron chi connectivity index (χ0n) is 10.4. The van der Waals surface area contributed by atoms with Crippen LogP contribution in [-0.4, -0.2) is 19.8 Å². The van der Waals surface area contributed by atoms with Crippen molar-refractivity contribution in [1.82, 2.24) is 0 Å². The van der Waals surface area contributed by atoms with Crippen LogP contribution in [0.2, 0.25) is 5.02 Å². The van der Waals surface area contributed by atoms with E-state index in [2.05, 4.69) is 6.07 Å². The number of rotatable bonds is 2. The second kappa shape index (κ2) is 4.63. The number of nitrogens with two attached hydrogens (primary N) is 1. The zero-order chi connectivity index (χ0) is 12.6. The van der Waals surface area contributed by atoms with E-state index >= 15 is 0 Å². The molecule has 0 bridgehead atoms. The fourth-order valence-electron chi connectivity index (χ4n) is 2.80. The third-order valence-corrected chi connectivity index (χ3v) is 4.50. The van der Waals surface area contributed by atoms with E-state index in [1.807, 2.05) is 6.07 Å². The third kappa shape index (κ3) is 1.77. The van der Waals surface area contributed by atoms with Crippen molar-refractivity contribution in [2.45, 2.75) is 31.1 Å². The van der Waals surface area contributed by atoms with Crippen molar-refractivity contribution >= 4 is 11.6 Å². The van der Waals surface area contributed by atoms with Crippen LogP contribution >= 0.6 is 11.6 Å². The predicted octanol–water partition coefficient (Wildman–Crippen LogP) is 2.88. The number of benzene rings is 1. The highest BCUT2D eigenvalue weighted by atomic mass is 35.5. The summed E-state index contributed by atoms with van der Waals surface area (Å²) in [5, 5.41) is 0.694. The summed E-state index contributed by atoms with van der Waals surface area (Å²) in [7, 11) is 0. The van der Waals surface area contributed by atoms with Gasteiger partial charge in [0.1, 0.15) is 0 Å². The van der Waals surface area contributed by atoms with Gasteiger partial charge in [-0.05, 0) is 24.5 Å². The summed E-state index contributed by atoms with van der Waals surface area (Å²) >= 11 is 6.51. The summed E-state index contributed by atoms with van der Waals surface area (Å²) in [6.45, 7) is 1.99. The molecule has 0 radical (unpaired) electrons. The van der Waals surface area contributed by atoms with Crippen LogP contribution in [-0.2, 0) is 5.41 Å². The first-order valence-corrected chi connectivity index (χ1v) is 6.93. The molecule has 0 unspecified atom stereocenters. The number of halogens is 1. The smallest absolute Gasteiger partial charge is 0.180 e. The van der Waals surface area contributed by atoms with Crippen molar-refractivity contribution in [3.05, 3.63) is 22.7 Å². The van der Waals surface area contributed by atoms with Gasteiger partial charge in [0.15, 0.2) is 11.5 Å². The molecular formula is C14H18ClNO2. The van der Waals surface area contributed by atoms with E-state index < -0.39 is 0 Å². The standard InChI is InChI=1S/C14H18ClNO2/c15-12-10(14(9-16)5-1-6-14)3-4-11-13(12)18-8-2-7-17-11/h3-4H,1-2,5-9,16H2. The number of fused-ring (bicyclic) bond motifs is 1. The van der Waals surface area contributed by atoms with E-state index in [9.17, 15) is 0 Å². The molecule has 1 saturated carbocycles. The molecule has 1 aromatic rings. The Balaban J connectivity index is 2.04. The Kier molecular flexibility index (Phi) is 3.12. The number of hydrogen-bond acceptors (Lipinski definition) is 3. The fourth-order valence-corrected chi connectivity index (χ4v) is 3.21. The van der Waals surface area contributed by atoms with E-state index in [1.165, 1.54) is 6.42 Å². The summed E-state index contributed by atoms with van der Waals surface area (Å²) in [6, 6.07) is 4.03. The highest BCUT2D eigenvalue weighted by Gasteiger charge is 2.40. The molecule has 1 fully saturated rings. The molecule has 98 valence electrons. The lowest BCUT2D eigenvalue weighted by atomic mass is 9.64. The molecule has 4 heteroatoms. The molecule has 1 aromatic carbocycles. The molecule has 1 heterocycles. The normalized spacial score (nSPS) is 21.0. The van der Waals surface area contributed by atoms with Gasteiger partial charge in [-0.15, -0.1) is 0 Å². The maximum atomic E-state index is 6.51. The first-order valence-electron chi connectivity index (χ1n) is 6.55. The highest BCUT2D eigenvalue weighted by molar-refractivity contribution is 6.33. The number of hydrogen-bond donors (Lipinski definition) is 1. The van der Waals surface area contributed by atoms with Gasteiger partial charge < -0.3 is 15.2 Å². The van der Waals surface area contributed by atoms with Gasteiger partial charge in [-0.1, -0.05) is 24.1 Å². The molecule has 0 aromatic heterocycles. The molecular weight excluding hydrogens is 250 g/mol. The molecule has 0 atom stereocenters. The average molecular weight is 268 g/mol. The van der Waals surface area contributed by atoms with Crippen molar-refractivity contribution in [3.8, 4) is 11.5 Å². The topological polar surface area (TPSA) is 44.5 Å². The monoisotopic (exact) mass is 267 g/mol. The summed E-state index contributed by atoms with van der Waals surface area (Å²) in [5.41, 5.74) is 7.13. The molecule has 0 spiro atoms. The maximum Gasteiger partial charge on any atom is 0.180 e. The summed E-state index contributed by atoms with van der Waals surface area (Å²) in [6.07, 6.45) is 4.34. The fraction of sp³-hybridized carbons (Fsp3) is 0.571. The van der Waals surface area contributed by atoms with Crippen molar-refractivity contribution < 1.29 is 9.47 Å². The van der Waals surface area contributed by atoms with E-state index in [4.69, 9.17) is 26.8 Å². The van der Waals surface area contributed by atoms with Crippen LogP contribution in [0.5, 0.6) is 11.5 Å². The Labute approximate surface area is 112 Å². The van der Waals surface area contributed by atoms with Crippen molar-refractivity contribution in [3.63, 3.8) is 0 Å². The van der Waals surface area contributed by atoms with E-state index in [0.717, 1.165) is 30.6 Å². The molecule has 3 nitrogen and oxygen atoms in total. The Morgan fingerprint density at radius 1 is 1.17 bits per heavy atom. The largest absolute Gasteiger partial charge is 0.490 e. The molecule has 0 saturated heterocycles. The van der Waals surface area contributed by atoms with Crippen LogP contribution in [0.3, 0.4) is 0 Å². The summed E-state index contributed by atoms with van der Waals surface area (Å²) in [4.78, 5) is 0. The van der Waals surface area contributed by atoms with Gasteiger partial charge in [0.2, 0.25) is 0 Å². The van der Waals surface area contributed by atoms with Crippen LogP contribution in [0.1, 0.15) is 31.2 Å². The van der Waals surface area contributed by atoms with Crippen LogP contribution in [0.15, 0.2) is 12.1 Å². The van der Waals surface area contributed by atoms with Gasteiger partial charge in [-0.25, -0.2) is 0 Å². The minimum atomic E-state index is 0.0573.